The first-order valence-corrected chi connectivity index (χ1v) is 3.78. The second kappa shape index (κ2) is 4.48. The van der Waals surface area contributed by atoms with Gasteiger partial charge in [-0.2, -0.15) is 5.10 Å². The van der Waals surface area contributed by atoms with E-state index >= 15 is 0 Å². The monoisotopic (exact) mass is 190 g/mol. The maximum atomic E-state index is 9.08. The Balaban J connectivity index is 0.00000121. The molecule has 1 atom stereocenters. The molecule has 12 heavy (non-hydrogen) atoms. The molecule has 0 aliphatic heterocycles. The van der Waals surface area contributed by atoms with Crippen molar-refractivity contribution >= 4 is 12.4 Å². The van der Waals surface area contributed by atoms with Crippen molar-refractivity contribution in [2.75, 3.05) is 0 Å². The number of aliphatic hydroxyl groups is 1. The smallest absolute Gasteiger partial charge is 0.0708 e. The minimum atomic E-state index is -0.326. The number of aryl methyl sites for hydroxylation is 2. The summed E-state index contributed by atoms with van der Waals surface area (Å²) >= 11 is 0. The number of aromatic nitrogens is 2. The van der Waals surface area contributed by atoms with Crippen molar-refractivity contribution in [2.24, 2.45) is 0 Å². The Kier molecular flexibility index (Phi) is 4.28. The van der Waals surface area contributed by atoms with Crippen LogP contribution in [0.15, 0.2) is 6.07 Å². The summed E-state index contributed by atoms with van der Waals surface area (Å²) in [6.45, 7) is 6.28. The highest BCUT2D eigenvalue weighted by molar-refractivity contribution is 5.85. The van der Waals surface area contributed by atoms with Crippen LogP contribution in [0.2, 0.25) is 0 Å². The third-order valence-corrected chi connectivity index (χ3v) is 1.54. The lowest BCUT2D eigenvalue weighted by Crippen LogP contribution is -2.13. The van der Waals surface area contributed by atoms with Gasteiger partial charge >= 0.3 is 0 Å². The first kappa shape index (κ1) is 11.5. The molecule has 1 aromatic rings. The highest BCUT2D eigenvalue weighted by atomic mass is 35.5. The molecule has 0 aliphatic rings. The van der Waals surface area contributed by atoms with Crippen LogP contribution in [0.4, 0.5) is 0 Å². The summed E-state index contributed by atoms with van der Waals surface area (Å²) in [5, 5.41) is 13.3. The Labute approximate surface area is 78.8 Å². The third-order valence-electron chi connectivity index (χ3n) is 1.54. The van der Waals surface area contributed by atoms with Crippen LogP contribution in [0.5, 0.6) is 0 Å². The van der Waals surface area contributed by atoms with E-state index in [-0.39, 0.29) is 18.5 Å². The van der Waals surface area contributed by atoms with Crippen LogP contribution in [0.25, 0.3) is 0 Å². The fourth-order valence-corrected chi connectivity index (χ4v) is 1.11. The Bertz CT molecular complexity index is 245. The first-order chi connectivity index (χ1) is 5.09. The molecule has 1 unspecified atom stereocenters. The maximum Gasteiger partial charge on any atom is 0.0708 e. The zero-order valence-electron chi connectivity index (χ0n) is 7.61. The fourth-order valence-electron chi connectivity index (χ4n) is 1.11. The molecule has 70 valence electrons. The van der Waals surface area contributed by atoms with Crippen LogP contribution in [0.3, 0.4) is 0 Å². The topological polar surface area (TPSA) is 38.0 Å². The van der Waals surface area contributed by atoms with Crippen molar-refractivity contribution in [3.05, 3.63) is 17.5 Å². The van der Waals surface area contributed by atoms with Gasteiger partial charge in [-0.3, -0.25) is 4.68 Å². The standard InChI is InChI=1S/C8H14N2O.ClH/c1-6-4-7(2)10(9-6)5-8(3)11;/h4,8,11H,5H2,1-3H3;1H. The number of aliphatic hydroxyl groups excluding tert-OH is 1. The third kappa shape index (κ3) is 2.83. The van der Waals surface area contributed by atoms with Crippen LogP contribution in [0.1, 0.15) is 18.3 Å². The van der Waals surface area contributed by atoms with E-state index in [4.69, 9.17) is 5.11 Å². The second-order valence-corrected chi connectivity index (χ2v) is 2.96. The molecule has 0 aromatic carbocycles. The molecule has 3 nitrogen and oxygen atoms in total. The van der Waals surface area contributed by atoms with Gasteiger partial charge in [-0.05, 0) is 26.8 Å². The van der Waals surface area contributed by atoms with Crippen LogP contribution < -0.4 is 0 Å². The molecular weight excluding hydrogens is 176 g/mol. The number of nitrogens with zero attached hydrogens (tertiary/aromatic N) is 2. The molecule has 0 spiro atoms. The van der Waals surface area contributed by atoms with Gasteiger partial charge in [0.2, 0.25) is 0 Å². The molecular formula is C8H15ClN2O. The van der Waals surface area contributed by atoms with Crippen LogP contribution in [-0.4, -0.2) is 21.0 Å². The highest BCUT2D eigenvalue weighted by Gasteiger charge is 2.02. The lowest BCUT2D eigenvalue weighted by Gasteiger charge is -2.05. The van der Waals surface area contributed by atoms with Gasteiger partial charge in [-0.1, -0.05) is 0 Å². The predicted molar refractivity (Wildman–Crippen MR) is 50.6 cm³/mol. The van der Waals surface area contributed by atoms with Gasteiger partial charge < -0.3 is 5.11 Å². The summed E-state index contributed by atoms with van der Waals surface area (Å²) in [7, 11) is 0. The summed E-state index contributed by atoms with van der Waals surface area (Å²) < 4.78 is 1.82. The molecule has 1 heterocycles. The number of hydrogen-bond donors (Lipinski definition) is 1. The molecule has 0 radical (unpaired) electrons. The van der Waals surface area contributed by atoms with Gasteiger partial charge in [0.05, 0.1) is 18.3 Å². The molecule has 0 bridgehead atoms. The number of halogens is 1. The van der Waals surface area contributed by atoms with E-state index in [1.54, 1.807) is 6.92 Å². The van der Waals surface area contributed by atoms with Gasteiger partial charge in [0.1, 0.15) is 0 Å². The largest absolute Gasteiger partial charge is 0.391 e. The molecule has 1 N–H and O–H groups in total. The summed E-state index contributed by atoms with van der Waals surface area (Å²) in [4.78, 5) is 0. The molecule has 0 aliphatic carbocycles. The Morgan fingerprint density at radius 1 is 1.58 bits per heavy atom. The predicted octanol–water partition coefficient (Wildman–Crippen LogP) is 1.30. The molecule has 1 rings (SSSR count). The lowest BCUT2D eigenvalue weighted by atomic mass is 10.4. The average Bonchev–Trinajstić information content (AvgIpc) is 2.09. The minimum Gasteiger partial charge on any atom is -0.391 e. The number of hydrogen-bond acceptors (Lipinski definition) is 2. The van der Waals surface area contributed by atoms with Crippen molar-refractivity contribution in [2.45, 2.75) is 33.4 Å². The van der Waals surface area contributed by atoms with Crippen molar-refractivity contribution in [3.8, 4) is 0 Å². The van der Waals surface area contributed by atoms with E-state index in [1.807, 2.05) is 24.6 Å². The van der Waals surface area contributed by atoms with Crippen molar-refractivity contribution in [3.63, 3.8) is 0 Å². The van der Waals surface area contributed by atoms with Crippen molar-refractivity contribution < 1.29 is 5.11 Å². The van der Waals surface area contributed by atoms with Crippen molar-refractivity contribution in [1.82, 2.24) is 9.78 Å². The molecule has 0 saturated carbocycles. The van der Waals surface area contributed by atoms with Gasteiger partial charge in [0.25, 0.3) is 0 Å². The zero-order valence-corrected chi connectivity index (χ0v) is 8.43. The van der Waals surface area contributed by atoms with E-state index < -0.39 is 0 Å². The van der Waals surface area contributed by atoms with Crippen molar-refractivity contribution in [1.29, 1.82) is 0 Å². The molecule has 0 amide bonds. The van der Waals surface area contributed by atoms with Crippen LogP contribution in [0, 0.1) is 13.8 Å². The van der Waals surface area contributed by atoms with Gasteiger partial charge in [0.15, 0.2) is 0 Å². The van der Waals surface area contributed by atoms with Crippen LogP contribution >= 0.6 is 12.4 Å². The quantitative estimate of drug-likeness (QED) is 0.764. The lowest BCUT2D eigenvalue weighted by molar-refractivity contribution is 0.167. The van der Waals surface area contributed by atoms with E-state index in [1.165, 1.54) is 0 Å². The summed E-state index contributed by atoms with van der Waals surface area (Å²) in [6.07, 6.45) is -0.326. The number of rotatable bonds is 2. The molecule has 0 saturated heterocycles. The van der Waals surface area contributed by atoms with Gasteiger partial charge in [0, 0.05) is 5.69 Å². The van der Waals surface area contributed by atoms with E-state index in [9.17, 15) is 0 Å². The molecule has 4 heteroatoms. The summed E-state index contributed by atoms with van der Waals surface area (Å²) in [6, 6.07) is 2.00. The Morgan fingerprint density at radius 3 is 2.50 bits per heavy atom. The Hall–Kier alpha value is -0.540. The molecule has 1 aromatic heterocycles. The Morgan fingerprint density at radius 2 is 2.17 bits per heavy atom. The minimum absolute atomic E-state index is 0. The van der Waals surface area contributed by atoms with E-state index in [2.05, 4.69) is 5.10 Å². The summed E-state index contributed by atoms with van der Waals surface area (Å²) in [5.74, 6) is 0. The average molecular weight is 191 g/mol. The van der Waals surface area contributed by atoms with Gasteiger partial charge in [-0.15, -0.1) is 12.4 Å². The SMILES string of the molecule is Cc1cc(C)n(CC(C)O)n1.Cl. The fraction of sp³-hybridized carbons (Fsp3) is 0.625. The second-order valence-electron chi connectivity index (χ2n) is 2.96. The normalized spacial score (nSPS) is 12.3. The maximum absolute atomic E-state index is 9.08. The van der Waals surface area contributed by atoms with E-state index in [0.29, 0.717) is 6.54 Å². The zero-order chi connectivity index (χ0) is 8.43. The molecule has 0 fully saturated rings. The van der Waals surface area contributed by atoms with Crippen LogP contribution in [-0.2, 0) is 6.54 Å². The first-order valence-electron chi connectivity index (χ1n) is 3.78. The highest BCUT2D eigenvalue weighted by Crippen LogP contribution is 2.02. The summed E-state index contributed by atoms with van der Waals surface area (Å²) in [5.41, 5.74) is 2.10. The van der Waals surface area contributed by atoms with E-state index in [0.717, 1.165) is 11.4 Å². The van der Waals surface area contributed by atoms with Gasteiger partial charge in [-0.25, -0.2) is 0 Å².